The zero-order valence-electron chi connectivity index (χ0n) is 20.8. The number of nitrogens with zero attached hydrogens (tertiary/aromatic N) is 1. The highest BCUT2D eigenvalue weighted by atomic mass is 35.5. The molecule has 3 aliphatic rings. The molecule has 0 radical (unpaired) electrons. The Bertz CT molecular complexity index is 693. The first-order chi connectivity index (χ1) is 16.3. The normalized spacial score (nSPS) is 35.2. The number of fused-ring (bicyclic) bond motifs is 1. The molecular weight excluding hydrogens is 499 g/mol. The third-order valence-electron chi connectivity index (χ3n) is 7.88. The van der Waals surface area contributed by atoms with Gasteiger partial charge in [-0.3, -0.25) is 0 Å². The standard InChI is InChI=1S/C24H44Cl2N2O5S/c1-3-31-10-11-33-13-12-32-9-8-27-34(29,30)20-6-4-18(5-7-20)22-16-28(2)17-23-21(22)14-19(25)15-24(23)26/h18-24,27H,3-17H2,1-2H3. The van der Waals surface area contributed by atoms with Crippen molar-refractivity contribution in [3.05, 3.63) is 0 Å². The summed E-state index contributed by atoms with van der Waals surface area (Å²) in [6, 6.07) is 0. The van der Waals surface area contributed by atoms with Gasteiger partial charge in [-0.15, -0.1) is 23.2 Å². The van der Waals surface area contributed by atoms with Gasteiger partial charge in [0.2, 0.25) is 10.0 Å². The topological polar surface area (TPSA) is 77.1 Å². The fourth-order valence-electron chi connectivity index (χ4n) is 6.21. The third kappa shape index (κ3) is 8.44. The van der Waals surface area contributed by atoms with Gasteiger partial charge in [-0.25, -0.2) is 13.1 Å². The van der Waals surface area contributed by atoms with Crippen LogP contribution in [-0.2, 0) is 24.2 Å². The zero-order valence-corrected chi connectivity index (χ0v) is 23.1. The lowest BCUT2D eigenvalue weighted by molar-refractivity contribution is 0.0108. The molecule has 3 rings (SSSR count). The van der Waals surface area contributed by atoms with Gasteiger partial charge in [0.15, 0.2) is 0 Å². The Kier molecular flexibility index (Phi) is 12.2. The van der Waals surface area contributed by atoms with Crippen molar-refractivity contribution in [1.82, 2.24) is 9.62 Å². The second kappa shape index (κ2) is 14.3. The molecule has 0 aromatic heterocycles. The van der Waals surface area contributed by atoms with Crippen molar-refractivity contribution in [1.29, 1.82) is 0 Å². The van der Waals surface area contributed by atoms with Crippen LogP contribution in [0.1, 0.15) is 45.4 Å². The van der Waals surface area contributed by atoms with Gasteiger partial charge in [-0.2, -0.15) is 0 Å². The van der Waals surface area contributed by atoms with Crippen molar-refractivity contribution in [2.75, 3.05) is 66.3 Å². The van der Waals surface area contributed by atoms with Crippen LogP contribution in [0.5, 0.6) is 0 Å². The maximum absolute atomic E-state index is 12.8. The molecule has 5 atom stereocenters. The quantitative estimate of drug-likeness (QED) is 0.284. The fraction of sp³-hybridized carbons (Fsp3) is 1.00. The molecule has 3 fully saturated rings. The van der Waals surface area contributed by atoms with E-state index in [9.17, 15) is 8.42 Å². The summed E-state index contributed by atoms with van der Waals surface area (Å²) in [4.78, 5) is 2.42. The predicted molar refractivity (Wildman–Crippen MR) is 137 cm³/mol. The van der Waals surface area contributed by atoms with Crippen LogP contribution in [0.15, 0.2) is 0 Å². The lowest BCUT2D eigenvalue weighted by Crippen LogP contribution is -2.53. The number of sulfonamides is 1. The van der Waals surface area contributed by atoms with E-state index in [1.165, 1.54) is 0 Å². The van der Waals surface area contributed by atoms with Crippen molar-refractivity contribution in [2.45, 2.75) is 61.5 Å². The number of likely N-dealkylation sites (tertiary alicyclic amines) is 1. The number of nitrogens with one attached hydrogen (secondary N) is 1. The minimum atomic E-state index is -3.33. The van der Waals surface area contributed by atoms with Crippen molar-refractivity contribution >= 4 is 33.2 Å². The molecule has 1 heterocycles. The smallest absolute Gasteiger partial charge is 0.214 e. The Morgan fingerprint density at radius 2 is 1.47 bits per heavy atom. The largest absolute Gasteiger partial charge is 0.379 e. The highest BCUT2D eigenvalue weighted by Crippen LogP contribution is 2.48. The first-order valence-corrected chi connectivity index (χ1v) is 15.4. The number of ether oxygens (including phenoxy) is 3. The third-order valence-corrected chi connectivity index (χ3v) is 10.7. The molecule has 1 aliphatic heterocycles. The number of hydrogen-bond acceptors (Lipinski definition) is 6. The number of rotatable bonds is 13. The van der Waals surface area contributed by atoms with E-state index >= 15 is 0 Å². The predicted octanol–water partition coefficient (Wildman–Crippen LogP) is 3.34. The van der Waals surface area contributed by atoms with Crippen LogP contribution in [0.4, 0.5) is 0 Å². The highest BCUT2D eigenvalue weighted by Gasteiger charge is 2.47. The molecule has 1 N–H and O–H groups in total. The molecule has 10 heteroatoms. The number of piperidine rings is 1. The Morgan fingerprint density at radius 1 is 0.853 bits per heavy atom. The van der Waals surface area contributed by atoms with Crippen molar-refractivity contribution < 1.29 is 22.6 Å². The SMILES string of the molecule is CCOCCOCCOCCNS(=O)(=O)C1CCC(C2CN(C)CC3C(Cl)CC(Cl)CC32)CC1. The zero-order chi connectivity index (χ0) is 24.6. The number of halogens is 2. The van der Waals surface area contributed by atoms with E-state index in [1.54, 1.807) is 0 Å². The van der Waals surface area contributed by atoms with E-state index in [2.05, 4.69) is 16.7 Å². The van der Waals surface area contributed by atoms with Gasteiger partial charge >= 0.3 is 0 Å². The van der Waals surface area contributed by atoms with Gasteiger partial charge < -0.3 is 19.1 Å². The average molecular weight is 544 g/mol. The van der Waals surface area contributed by atoms with Crippen LogP contribution in [-0.4, -0.2) is 95.6 Å². The minimum absolute atomic E-state index is 0.149. The molecule has 34 heavy (non-hydrogen) atoms. The van der Waals surface area contributed by atoms with Crippen molar-refractivity contribution in [2.24, 2.45) is 23.7 Å². The van der Waals surface area contributed by atoms with E-state index in [-0.39, 0.29) is 16.0 Å². The Morgan fingerprint density at radius 3 is 2.15 bits per heavy atom. The summed E-state index contributed by atoms with van der Waals surface area (Å²) in [5, 5.41) is 0.00590. The van der Waals surface area contributed by atoms with Crippen LogP contribution < -0.4 is 4.72 Å². The molecule has 2 aliphatic carbocycles. The summed E-state index contributed by atoms with van der Waals surface area (Å²) in [5.74, 6) is 2.18. The average Bonchev–Trinajstić information content (AvgIpc) is 2.80. The monoisotopic (exact) mass is 542 g/mol. The fourth-order valence-corrected chi connectivity index (χ4v) is 8.68. The highest BCUT2D eigenvalue weighted by molar-refractivity contribution is 7.90. The summed E-state index contributed by atoms with van der Waals surface area (Å²) < 4.78 is 44.5. The number of alkyl halides is 2. The van der Waals surface area contributed by atoms with E-state index in [0.717, 1.165) is 51.6 Å². The first kappa shape index (κ1) is 28.9. The van der Waals surface area contributed by atoms with E-state index in [4.69, 9.17) is 37.4 Å². The Labute approximate surface area is 216 Å². The molecule has 5 unspecified atom stereocenters. The molecule has 0 spiro atoms. The van der Waals surface area contributed by atoms with Crippen LogP contribution in [0.2, 0.25) is 0 Å². The first-order valence-electron chi connectivity index (χ1n) is 13.0. The second-order valence-corrected chi connectivity index (χ2v) is 13.4. The summed E-state index contributed by atoms with van der Waals surface area (Å²) in [7, 11) is -1.14. The van der Waals surface area contributed by atoms with Gasteiger partial charge in [0.05, 0.1) is 38.3 Å². The number of hydrogen-bond donors (Lipinski definition) is 1. The molecule has 0 bridgehead atoms. The van der Waals surface area contributed by atoms with E-state index < -0.39 is 10.0 Å². The van der Waals surface area contributed by atoms with Crippen molar-refractivity contribution in [3.63, 3.8) is 0 Å². The maximum Gasteiger partial charge on any atom is 0.214 e. The molecule has 200 valence electrons. The Balaban J connectivity index is 1.37. The van der Waals surface area contributed by atoms with Gasteiger partial charge in [0.1, 0.15) is 0 Å². The van der Waals surface area contributed by atoms with Crippen LogP contribution in [0.25, 0.3) is 0 Å². The van der Waals surface area contributed by atoms with Crippen LogP contribution in [0.3, 0.4) is 0 Å². The Hall–Kier alpha value is 0.330. The van der Waals surface area contributed by atoms with Crippen LogP contribution in [0, 0.1) is 23.7 Å². The van der Waals surface area contributed by atoms with Gasteiger partial charge in [-0.05, 0) is 76.2 Å². The summed E-state index contributed by atoms with van der Waals surface area (Å²) >= 11 is 13.3. The van der Waals surface area contributed by atoms with Crippen LogP contribution >= 0.6 is 23.2 Å². The molecule has 0 aromatic carbocycles. The van der Waals surface area contributed by atoms with E-state index in [1.807, 2.05) is 6.92 Å². The molecule has 2 saturated carbocycles. The molecule has 0 aromatic rings. The molecule has 0 amide bonds. The maximum atomic E-state index is 12.8. The van der Waals surface area contributed by atoms with Gasteiger partial charge in [0.25, 0.3) is 0 Å². The molecule has 1 saturated heterocycles. The lowest BCUT2D eigenvalue weighted by Gasteiger charge is -2.51. The van der Waals surface area contributed by atoms with Crippen molar-refractivity contribution in [3.8, 4) is 0 Å². The van der Waals surface area contributed by atoms with Gasteiger partial charge in [-0.1, -0.05) is 0 Å². The molecule has 7 nitrogen and oxygen atoms in total. The second-order valence-electron chi connectivity index (χ2n) is 10.2. The molecular formula is C24H44Cl2N2O5S. The minimum Gasteiger partial charge on any atom is -0.379 e. The lowest BCUT2D eigenvalue weighted by atomic mass is 9.63. The summed E-state index contributed by atoms with van der Waals surface area (Å²) in [6.45, 7) is 7.45. The van der Waals surface area contributed by atoms with E-state index in [0.29, 0.717) is 69.9 Å². The van der Waals surface area contributed by atoms with Gasteiger partial charge in [0, 0.05) is 37.0 Å². The summed E-state index contributed by atoms with van der Waals surface area (Å²) in [5.41, 5.74) is 0. The summed E-state index contributed by atoms with van der Waals surface area (Å²) in [6.07, 6.45) is 5.31.